The topological polar surface area (TPSA) is 130 Å². The van der Waals surface area contributed by atoms with Crippen LogP contribution in [0.4, 0.5) is 20.2 Å². The minimum Gasteiger partial charge on any atom is -0.455 e. The number of nitrogens with zero attached hydrogens (tertiary/aromatic N) is 3. The van der Waals surface area contributed by atoms with Crippen molar-refractivity contribution in [2.75, 3.05) is 30.0 Å². The highest BCUT2D eigenvalue weighted by atomic mass is 32.2. The molecule has 228 valence electrons. The van der Waals surface area contributed by atoms with Crippen LogP contribution in [0.3, 0.4) is 0 Å². The monoisotopic (exact) mass is 629 g/mol. The summed E-state index contributed by atoms with van der Waals surface area (Å²) >= 11 is 0. The molecule has 1 unspecified atom stereocenters. The van der Waals surface area contributed by atoms with E-state index >= 15 is 0 Å². The number of hydrogen-bond acceptors (Lipinski definition) is 7. The maximum absolute atomic E-state index is 14.1. The van der Waals surface area contributed by atoms with Gasteiger partial charge in [0.05, 0.1) is 40.1 Å². The molecule has 13 heteroatoms. The van der Waals surface area contributed by atoms with Crippen LogP contribution in [0.1, 0.15) is 16.7 Å². The van der Waals surface area contributed by atoms with E-state index in [1.807, 2.05) is 0 Å². The maximum atomic E-state index is 14.1. The van der Waals surface area contributed by atoms with Crippen LogP contribution in [0.15, 0.2) is 77.2 Å². The quantitative estimate of drug-likeness (QED) is 0.223. The Morgan fingerprint density at radius 2 is 1.78 bits per heavy atom. The number of rotatable bonds is 5. The Morgan fingerprint density at radius 1 is 1.04 bits per heavy atom. The van der Waals surface area contributed by atoms with Gasteiger partial charge in [-0.25, -0.2) is 22.2 Å². The Bertz CT molecular complexity index is 2300. The first kappa shape index (κ1) is 28.5. The minimum atomic E-state index is -3.77. The van der Waals surface area contributed by atoms with Crippen molar-refractivity contribution in [3.8, 4) is 34.0 Å². The van der Waals surface area contributed by atoms with E-state index in [2.05, 4.69) is 10.6 Å². The van der Waals surface area contributed by atoms with Crippen molar-refractivity contribution >= 4 is 49.2 Å². The highest BCUT2D eigenvalue weighted by molar-refractivity contribution is 7.92. The second-order valence-electron chi connectivity index (χ2n) is 10.7. The van der Waals surface area contributed by atoms with Gasteiger partial charge in [-0.1, -0.05) is 0 Å². The Balaban J connectivity index is 1.50. The number of fused-ring (bicyclic) bond motifs is 6. The first-order valence-corrected chi connectivity index (χ1v) is 15.6. The molecule has 0 aliphatic carbocycles. The van der Waals surface area contributed by atoms with Crippen LogP contribution in [0.5, 0.6) is 0 Å². The third-order valence-corrected chi connectivity index (χ3v) is 9.14. The average Bonchev–Trinajstić information content (AvgIpc) is 3.58. The molecule has 0 saturated heterocycles. The summed E-state index contributed by atoms with van der Waals surface area (Å²) in [6.45, 7) is 0. The molecule has 0 bridgehead atoms. The van der Waals surface area contributed by atoms with Crippen LogP contribution >= 0.6 is 0 Å². The largest absolute Gasteiger partial charge is 0.455 e. The number of nitrogens with one attached hydrogen (secondary N) is 2. The molecule has 3 aromatic carbocycles. The smallest absolute Gasteiger partial charge is 0.255 e. The SMILES string of the molecule is CNC(=O)c1c(-c2ccc(F)cc2)oc2cc(N(C)S(C)(=O)=O)c(-c3ccc4c(n3)-c3cc5cc(F)ccc5n3C(O)N4)cc12. The third kappa shape index (κ3) is 4.59. The van der Waals surface area contributed by atoms with Gasteiger partial charge in [-0.15, -0.1) is 0 Å². The molecule has 10 nitrogen and oxygen atoms in total. The molecule has 1 aliphatic heterocycles. The van der Waals surface area contributed by atoms with E-state index < -0.39 is 33.9 Å². The number of benzene rings is 3. The minimum absolute atomic E-state index is 0.179. The number of halogens is 2. The molecule has 0 saturated carbocycles. The number of carbonyl (C=O) groups is 1. The van der Waals surface area contributed by atoms with Gasteiger partial charge in [-0.05, 0) is 66.7 Å². The molecule has 45 heavy (non-hydrogen) atoms. The van der Waals surface area contributed by atoms with E-state index in [-0.39, 0.29) is 22.6 Å². The second-order valence-corrected chi connectivity index (χ2v) is 12.7. The lowest BCUT2D eigenvalue weighted by atomic mass is 10.00. The molecule has 3 N–H and O–H groups in total. The molecule has 3 aromatic heterocycles. The molecule has 6 aromatic rings. The Labute approximate surface area is 255 Å². The summed E-state index contributed by atoms with van der Waals surface area (Å²) in [6, 6.07) is 18.0. The van der Waals surface area contributed by atoms with E-state index in [1.165, 1.54) is 56.6 Å². The third-order valence-electron chi connectivity index (χ3n) is 7.95. The van der Waals surface area contributed by atoms with E-state index in [9.17, 15) is 27.1 Å². The van der Waals surface area contributed by atoms with Gasteiger partial charge in [0, 0.05) is 42.1 Å². The van der Waals surface area contributed by atoms with Gasteiger partial charge in [0.1, 0.15) is 28.7 Å². The lowest BCUT2D eigenvalue weighted by molar-refractivity contribution is 0.0964. The number of aromatic nitrogens is 2. The summed E-state index contributed by atoms with van der Waals surface area (Å²) in [5.74, 6) is -1.16. The number of amides is 1. The van der Waals surface area contributed by atoms with Crippen molar-refractivity contribution in [1.29, 1.82) is 0 Å². The van der Waals surface area contributed by atoms with Crippen molar-refractivity contribution in [2.45, 2.75) is 6.35 Å². The summed E-state index contributed by atoms with van der Waals surface area (Å²) < 4.78 is 62.2. The van der Waals surface area contributed by atoms with Gasteiger partial charge in [0.25, 0.3) is 5.91 Å². The predicted molar refractivity (Wildman–Crippen MR) is 167 cm³/mol. The standard InChI is InChI=1S/C32H25F2N5O5S/c1-35-31(40)28-21-14-20(25(38(2)45(3,42)43)15-27(21)44-30(28)16-4-6-18(33)7-5-16)22-9-10-23-29(36-22)26-13-17-12-19(34)8-11-24(17)39(26)32(41)37-23/h4-15,32,37,41H,1-3H3,(H,35,40). The van der Waals surface area contributed by atoms with E-state index in [0.29, 0.717) is 50.2 Å². The van der Waals surface area contributed by atoms with Crippen molar-refractivity contribution in [1.82, 2.24) is 14.9 Å². The summed E-state index contributed by atoms with van der Waals surface area (Å²) in [6.07, 6.45) is -0.0797. The Morgan fingerprint density at radius 3 is 2.49 bits per heavy atom. The van der Waals surface area contributed by atoms with Crippen LogP contribution in [0.25, 0.3) is 55.8 Å². The van der Waals surface area contributed by atoms with Gasteiger partial charge in [-0.2, -0.15) is 0 Å². The van der Waals surface area contributed by atoms with E-state index in [0.717, 1.165) is 10.6 Å². The van der Waals surface area contributed by atoms with Crippen LogP contribution in [-0.2, 0) is 10.0 Å². The fraction of sp³-hybridized carbons (Fsp3) is 0.125. The van der Waals surface area contributed by atoms with Gasteiger partial charge in [0.15, 0.2) is 0 Å². The second kappa shape index (κ2) is 10.1. The molecule has 1 atom stereocenters. The van der Waals surface area contributed by atoms with Crippen LogP contribution < -0.4 is 14.9 Å². The summed E-state index contributed by atoms with van der Waals surface area (Å²) in [4.78, 5) is 18.1. The number of carbonyl (C=O) groups excluding carboxylic acids is 1. The summed E-state index contributed by atoms with van der Waals surface area (Å²) in [5, 5.41) is 17.4. The number of furan rings is 1. The maximum Gasteiger partial charge on any atom is 0.255 e. The fourth-order valence-corrected chi connectivity index (χ4v) is 6.22. The Kier molecular flexibility index (Phi) is 6.42. The first-order valence-electron chi connectivity index (χ1n) is 13.7. The van der Waals surface area contributed by atoms with E-state index in [4.69, 9.17) is 9.40 Å². The lowest BCUT2D eigenvalue weighted by Crippen LogP contribution is -2.25. The molecule has 1 aliphatic rings. The first-order chi connectivity index (χ1) is 21.4. The highest BCUT2D eigenvalue weighted by Gasteiger charge is 2.29. The molecular weight excluding hydrogens is 604 g/mol. The van der Waals surface area contributed by atoms with Crippen LogP contribution in [0.2, 0.25) is 0 Å². The van der Waals surface area contributed by atoms with Gasteiger partial charge < -0.3 is 20.2 Å². The number of aliphatic hydroxyl groups is 1. The zero-order valence-corrected chi connectivity index (χ0v) is 24.9. The highest BCUT2D eigenvalue weighted by Crippen LogP contribution is 2.44. The van der Waals surface area contributed by atoms with Crippen molar-refractivity contribution in [2.24, 2.45) is 0 Å². The predicted octanol–water partition coefficient (Wildman–Crippen LogP) is 5.69. The molecule has 7 rings (SSSR count). The van der Waals surface area contributed by atoms with Crippen LogP contribution in [0, 0.1) is 11.6 Å². The van der Waals surface area contributed by atoms with Crippen molar-refractivity contribution < 1.29 is 31.5 Å². The van der Waals surface area contributed by atoms with Crippen LogP contribution in [-0.4, -0.2) is 49.3 Å². The molecule has 0 fully saturated rings. The van der Waals surface area contributed by atoms with E-state index in [1.54, 1.807) is 34.9 Å². The number of pyridine rings is 1. The summed E-state index contributed by atoms with van der Waals surface area (Å²) in [5.41, 5.74) is 3.87. The van der Waals surface area contributed by atoms with Gasteiger partial charge in [0.2, 0.25) is 16.4 Å². The zero-order valence-electron chi connectivity index (χ0n) is 24.1. The molecular formula is C32H25F2N5O5S. The molecule has 1 amide bonds. The molecule has 4 heterocycles. The number of hydrogen-bond donors (Lipinski definition) is 3. The van der Waals surface area contributed by atoms with Crippen molar-refractivity contribution in [3.05, 3.63) is 90.0 Å². The molecule has 0 spiro atoms. The summed E-state index contributed by atoms with van der Waals surface area (Å²) in [7, 11) is -0.906. The fourth-order valence-electron chi connectivity index (χ4n) is 5.71. The Hall–Kier alpha value is -5.27. The molecule has 0 radical (unpaired) electrons. The number of aliphatic hydroxyl groups excluding tert-OH is 1. The number of anilines is 2. The van der Waals surface area contributed by atoms with Gasteiger partial charge >= 0.3 is 0 Å². The van der Waals surface area contributed by atoms with Gasteiger partial charge in [-0.3, -0.25) is 13.7 Å². The average molecular weight is 630 g/mol. The zero-order chi connectivity index (χ0) is 31.8. The number of sulfonamides is 1. The normalized spacial score (nSPS) is 14.2. The lowest BCUT2D eigenvalue weighted by Gasteiger charge is -2.27. The van der Waals surface area contributed by atoms with Crippen molar-refractivity contribution in [3.63, 3.8) is 0 Å².